The van der Waals surface area contributed by atoms with Gasteiger partial charge in [0.2, 0.25) is 0 Å². The van der Waals surface area contributed by atoms with Crippen LogP contribution in [0.5, 0.6) is 0 Å². The van der Waals surface area contributed by atoms with Crippen molar-refractivity contribution in [3.05, 3.63) is 33.2 Å². The van der Waals surface area contributed by atoms with E-state index in [2.05, 4.69) is 15.9 Å². The first kappa shape index (κ1) is 10.9. The Morgan fingerprint density at radius 2 is 2.13 bits per heavy atom. The lowest BCUT2D eigenvalue weighted by Gasteiger charge is -2.10. The number of hydrogen-bond donors (Lipinski definition) is 0. The SMILES string of the molecule is O=c1c(Br)cccn1CCC1CCCC1. The zero-order chi connectivity index (χ0) is 10.7. The molecule has 15 heavy (non-hydrogen) atoms. The number of nitrogens with zero attached hydrogens (tertiary/aromatic N) is 1. The van der Waals surface area contributed by atoms with E-state index in [9.17, 15) is 4.79 Å². The highest BCUT2D eigenvalue weighted by atomic mass is 79.9. The van der Waals surface area contributed by atoms with Crippen LogP contribution in [-0.2, 0) is 6.54 Å². The van der Waals surface area contributed by atoms with Crippen molar-refractivity contribution in [3.63, 3.8) is 0 Å². The molecule has 0 radical (unpaired) electrons. The summed E-state index contributed by atoms with van der Waals surface area (Å²) in [4.78, 5) is 11.7. The molecule has 82 valence electrons. The van der Waals surface area contributed by atoms with E-state index < -0.39 is 0 Å². The molecule has 0 spiro atoms. The molecule has 1 fully saturated rings. The quantitative estimate of drug-likeness (QED) is 0.826. The summed E-state index contributed by atoms with van der Waals surface area (Å²) >= 11 is 3.27. The molecule has 1 saturated carbocycles. The average Bonchev–Trinajstić information content (AvgIpc) is 2.73. The van der Waals surface area contributed by atoms with Gasteiger partial charge in [-0.25, -0.2) is 0 Å². The van der Waals surface area contributed by atoms with Crippen LogP contribution in [0.1, 0.15) is 32.1 Å². The van der Waals surface area contributed by atoms with Gasteiger partial charge in [0.1, 0.15) is 0 Å². The summed E-state index contributed by atoms with van der Waals surface area (Å²) < 4.78 is 2.47. The van der Waals surface area contributed by atoms with E-state index in [0.29, 0.717) is 4.47 Å². The summed E-state index contributed by atoms with van der Waals surface area (Å²) in [6, 6.07) is 3.72. The Hall–Kier alpha value is -0.570. The molecule has 0 aromatic carbocycles. The van der Waals surface area contributed by atoms with Gasteiger partial charge in [-0.05, 0) is 40.4 Å². The van der Waals surface area contributed by atoms with Crippen molar-refractivity contribution in [1.29, 1.82) is 0 Å². The molecule has 0 amide bonds. The Morgan fingerprint density at radius 3 is 2.87 bits per heavy atom. The first-order valence-corrected chi connectivity index (χ1v) is 6.41. The number of pyridine rings is 1. The van der Waals surface area contributed by atoms with Gasteiger partial charge in [0, 0.05) is 12.7 Å². The molecule has 0 bridgehead atoms. The maximum atomic E-state index is 11.7. The van der Waals surface area contributed by atoms with Gasteiger partial charge in [-0.1, -0.05) is 25.7 Å². The third kappa shape index (κ3) is 2.71. The van der Waals surface area contributed by atoms with Crippen LogP contribution < -0.4 is 5.56 Å². The zero-order valence-electron chi connectivity index (χ0n) is 8.79. The molecule has 0 aliphatic heterocycles. The molecule has 2 nitrogen and oxygen atoms in total. The van der Waals surface area contributed by atoms with Gasteiger partial charge >= 0.3 is 0 Å². The molecule has 0 atom stereocenters. The van der Waals surface area contributed by atoms with Crippen molar-refractivity contribution in [2.75, 3.05) is 0 Å². The van der Waals surface area contributed by atoms with E-state index in [-0.39, 0.29) is 5.56 Å². The fourth-order valence-electron chi connectivity index (χ4n) is 2.30. The molecule has 3 heteroatoms. The second-order valence-electron chi connectivity index (χ2n) is 4.29. The maximum absolute atomic E-state index is 11.7. The van der Waals surface area contributed by atoms with Gasteiger partial charge in [0.15, 0.2) is 0 Å². The fourth-order valence-corrected chi connectivity index (χ4v) is 2.68. The van der Waals surface area contributed by atoms with Crippen LogP contribution in [0, 0.1) is 5.92 Å². The molecule has 0 saturated heterocycles. The summed E-state index contributed by atoms with van der Waals surface area (Å²) in [7, 11) is 0. The Morgan fingerprint density at radius 1 is 1.40 bits per heavy atom. The summed E-state index contributed by atoms with van der Waals surface area (Å²) in [5, 5.41) is 0. The molecule has 1 aliphatic carbocycles. The van der Waals surface area contributed by atoms with Crippen LogP contribution >= 0.6 is 15.9 Å². The van der Waals surface area contributed by atoms with E-state index >= 15 is 0 Å². The minimum absolute atomic E-state index is 0.0931. The van der Waals surface area contributed by atoms with Crippen LogP contribution in [0.2, 0.25) is 0 Å². The van der Waals surface area contributed by atoms with Crippen LogP contribution in [0.15, 0.2) is 27.6 Å². The van der Waals surface area contributed by atoms with Gasteiger partial charge in [-0.3, -0.25) is 4.79 Å². The number of hydrogen-bond acceptors (Lipinski definition) is 1. The number of aromatic nitrogens is 1. The van der Waals surface area contributed by atoms with Crippen LogP contribution in [-0.4, -0.2) is 4.57 Å². The van der Waals surface area contributed by atoms with Crippen LogP contribution in [0.3, 0.4) is 0 Å². The lowest BCUT2D eigenvalue weighted by molar-refractivity contribution is 0.452. The zero-order valence-corrected chi connectivity index (χ0v) is 10.4. The monoisotopic (exact) mass is 269 g/mol. The average molecular weight is 270 g/mol. The lowest BCUT2D eigenvalue weighted by atomic mass is 10.0. The maximum Gasteiger partial charge on any atom is 0.264 e. The highest BCUT2D eigenvalue weighted by molar-refractivity contribution is 9.10. The molecule has 0 N–H and O–H groups in total. The predicted molar refractivity (Wildman–Crippen MR) is 65.0 cm³/mol. The van der Waals surface area contributed by atoms with Crippen molar-refractivity contribution < 1.29 is 0 Å². The first-order valence-electron chi connectivity index (χ1n) is 5.62. The van der Waals surface area contributed by atoms with Crippen molar-refractivity contribution in [1.82, 2.24) is 4.57 Å². The Kier molecular flexibility index (Phi) is 3.62. The van der Waals surface area contributed by atoms with Gasteiger partial charge in [0.25, 0.3) is 5.56 Å². The van der Waals surface area contributed by atoms with E-state index in [1.807, 2.05) is 16.8 Å². The minimum Gasteiger partial charge on any atom is -0.315 e. The molecule has 1 aromatic heterocycles. The summed E-state index contributed by atoms with van der Waals surface area (Å²) in [5.74, 6) is 0.843. The summed E-state index contributed by atoms with van der Waals surface area (Å²) in [6.45, 7) is 0.864. The molecule has 2 rings (SSSR count). The number of aryl methyl sites for hydroxylation is 1. The topological polar surface area (TPSA) is 22.0 Å². The second-order valence-corrected chi connectivity index (χ2v) is 5.15. The molecular weight excluding hydrogens is 254 g/mol. The molecule has 0 unspecified atom stereocenters. The molecule has 1 aliphatic rings. The van der Waals surface area contributed by atoms with E-state index in [0.717, 1.165) is 18.9 Å². The van der Waals surface area contributed by atoms with Gasteiger partial charge in [-0.2, -0.15) is 0 Å². The second kappa shape index (κ2) is 4.97. The first-order chi connectivity index (χ1) is 7.27. The smallest absolute Gasteiger partial charge is 0.264 e. The van der Waals surface area contributed by atoms with E-state index in [1.54, 1.807) is 6.07 Å². The van der Waals surface area contributed by atoms with Gasteiger partial charge < -0.3 is 4.57 Å². The number of rotatable bonds is 3. The molecule has 1 aromatic rings. The third-order valence-electron chi connectivity index (χ3n) is 3.23. The summed E-state index contributed by atoms with van der Waals surface area (Å²) in [6.07, 6.45) is 8.47. The van der Waals surface area contributed by atoms with Crippen LogP contribution in [0.4, 0.5) is 0 Å². The fraction of sp³-hybridized carbons (Fsp3) is 0.583. The third-order valence-corrected chi connectivity index (χ3v) is 3.83. The van der Waals surface area contributed by atoms with Crippen LogP contribution in [0.25, 0.3) is 0 Å². The Balaban J connectivity index is 1.98. The lowest BCUT2D eigenvalue weighted by Crippen LogP contribution is -2.20. The van der Waals surface area contributed by atoms with Crippen molar-refractivity contribution in [3.8, 4) is 0 Å². The van der Waals surface area contributed by atoms with Crippen molar-refractivity contribution in [2.24, 2.45) is 5.92 Å². The minimum atomic E-state index is 0.0931. The molecule has 1 heterocycles. The van der Waals surface area contributed by atoms with Crippen molar-refractivity contribution >= 4 is 15.9 Å². The highest BCUT2D eigenvalue weighted by Crippen LogP contribution is 2.27. The van der Waals surface area contributed by atoms with Gasteiger partial charge in [-0.15, -0.1) is 0 Å². The molecular formula is C12H16BrNO. The van der Waals surface area contributed by atoms with E-state index in [4.69, 9.17) is 0 Å². The normalized spacial score (nSPS) is 17.1. The standard InChI is InChI=1S/C12H16BrNO/c13-11-6-3-8-14(12(11)15)9-7-10-4-1-2-5-10/h3,6,8,10H,1-2,4-5,7,9H2. The van der Waals surface area contributed by atoms with E-state index in [1.165, 1.54) is 25.7 Å². The van der Waals surface area contributed by atoms with Gasteiger partial charge in [0.05, 0.1) is 4.47 Å². The Labute approximate surface area is 98.4 Å². The highest BCUT2D eigenvalue weighted by Gasteiger charge is 2.14. The predicted octanol–water partition coefficient (Wildman–Crippen LogP) is 3.19. The largest absolute Gasteiger partial charge is 0.315 e. The number of halogens is 1. The van der Waals surface area contributed by atoms with Crippen molar-refractivity contribution in [2.45, 2.75) is 38.6 Å². The summed E-state index contributed by atoms with van der Waals surface area (Å²) in [5.41, 5.74) is 0.0931. The Bertz CT molecular complexity index is 379.